The molecule has 0 unspecified atom stereocenters. The van der Waals surface area contributed by atoms with Gasteiger partial charge >= 0.3 is 0 Å². The lowest BCUT2D eigenvalue weighted by molar-refractivity contribution is 0.152. The van der Waals surface area contributed by atoms with Crippen molar-refractivity contribution in [1.82, 2.24) is 4.90 Å². The van der Waals surface area contributed by atoms with Gasteiger partial charge in [-0.15, -0.1) is 0 Å². The highest BCUT2D eigenvalue weighted by Crippen LogP contribution is 2.43. The molecule has 0 saturated heterocycles. The van der Waals surface area contributed by atoms with E-state index in [0.29, 0.717) is 5.56 Å². The number of allylic oxidation sites excluding steroid dienone is 2. The molecule has 2 aromatic carbocycles. The van der Waals surface area contributed by atoms with Crippen LogP contribution in [0.15, 0.2) is 60.3 Å². The summed E-state index contributed by atoms with van der Waals surface area (Å²) in [6.07, 6.45) is 5.68. The summed E-state index contributed by atoms with van der Waals surface area (Å²) in [6, 6.07) is 12.0. The van der Waals surface area contributed by atoms with Gasteiger partial charge in [0.2, 0.25) is 0 Å². The lowest BCUT2D eigenvalue weighted by Crippen LogP contribution is -2.44. The quantitative estimate of drug-likeness (QED) is 0.514. The molecule has 2 atom stereocenters. The summed E-state index contributed by atoms with van der Waals surface area (Å²) in [7, 11) is 0. The van der Waals surface area contributed by atoms with Crippen LogP contribution >= 0.6 is 0 Å². The van der Waals surface area contributed by atoms with Gasteiger partial charge in [-0.05, 0) is 81.0 Å². The van der Waals surface area contributed by atoms with Crippen LogP contribution < -0.4 is 5.73 Å². The summed E-state index contributed by atoms with van der Waals surface area (Å²) in [5.74, 6) is -0.200. The van der Waals surface area contributed by atoms with E-state index in [0.717, 1.165) is 47.4 Å². The fraction of sp³-hybridized carbons (Fsp3) is 0.357. The Bertz CT molecular complexity index is 1010. The molecule has 1 heterocycles. The molecular formula is C28H35FN2. The third kappa shape index (κ3) is 4.83. The second-order valence-corrected chi connectivity index (χ2v) is 8.86. The molecule has 1 aliphatic rings. The van der Waals surface area contributed by atoms with Gasteiger partial charge in [0, 0.05) is 17.3 Å². The number of aryl methyl sites for hydroxylation is 2. The highest BCUT2D eigenvalue weighted by atomic mass is 19.1. The van der Waals surface area contributed by atoms with E-state index < -0.39 is 0 Å². The Balaban J connectivity index is 2.18. The minimum absolute atomic E-state index is 0.200. The molecule has 2 aromatic rings. The molecule has 2 N–H and O–H groups in total. The standard InChI is InChI=1S/C28H35FN2/c1-7-14-31-21(6)16-24(23-11-9-8-10-19(23)4)27(30)28(31)26-20(5)15-22(17-25(26)29)13-12-18(2)3/h8-13,15,17,21,28H,2,7,14,16,30H2,1,3-6H3/b13-12+/t21-,28-/m1/s1. The molecule has 0 amide bonds. The maximum Gasteiger partial charge on any atom is 0.129 e. The Morgan fingerprint density at radius 1 is 1.23 bits per heavy atom. The van der Waals surface area contributed by atoms with Crippen molar-refractivity contribution in [2.75, 3.05) is 6.54 Å². The third-order valence-electron chi connectivity index (χ3n) is 6.18. The number of benzene rings is 2. The van der Waals surface area contributed by atoms with Gasteiger partial charge in [0.05, 0.1) is 6.04 Å². The first kappa shape index (κ1) is 23.0. The fourth-order valence-corrected chi connectivity index (χ4v) is 4.70. The van der Waals surface area contributed by atoms with Crippen molar-refractivity contribution in [2.45, 2.75) is 59.5 Å². The van der Waals surface area contributed by atoms with E-state index in [4.69, 9.17) is 5.73 Å². The summed E-state index contributed by atoms with van der Waals surface area (Å²) < 4.78 is 15.6. The zero-order valence-electron chi connectivity index (χ0n) is 19.5. The Morgan fingerprint density at radius 3 is 2.55 bits per heavy atom. The van der Waals surface area contributed by atoms with Crippen LogP contribution in [0.5, 0.6) is 0 Å². The number of hydrogen-bond acceptors (Lipinski definition) is 2. The Labute approximate surface area is 187 Å². The molecule has 0 spiro atoms. The van der Waals surface area contributed by atoms with Gasteiger partial charge in [-0.3, -0.25) is 4.90 Å². The van der Waals surface area contributed by atoms with Crippen LogP contribution in [0.3, 0.4) is 0 Å². The predicted octanol–water partition coefficient (Wildman–Crippen LogP) is 6.95. The van der Waals surface area contributed by atoms with Gasteiger partial charge in [0.1, 0.15) is 5.82 Å². The monoisotopic (exact) mass is 418 g/mol. The molecular weight excluding hydrogens is 383 g/mol. The number of hydrogen-bond donors (Lipinski definition) is 1. The summed E-state index contributed by atoms with van der Waals surface area (Å²) in [6.45, 7) is 15.2. The van der Waals surface area contributed by atoms with E-state index in [9.17, 15) is 0 Å². The minimum Gasteiger partial charge on any atom is -0.400 e. The zero-order valence-corrected chi connectivity index (χ0v) is 19.5. The van der Waals surface area contributed by atoms with Crippen LogP contribution in [0.1, 0.15) is 67.5 Å². The summed E-state index contributed by atoms with van der Waals surface area (Å²) in [4.78, 5) is 2.37. The molecule has 164 valence electrons. The number of nitrogens with zero attached hydrogens (tertiary/aromatic N) is 1. The van der Waals surface area contributed by atoms with Crippen LogP contribution in [-0.2, 0) is 0 Å². The lowest BCUT2D eigenvalue weighted by atomic mass is 9.83. The molecule has 1 aliphatic heterocycles. The highest BCUT2D eigenvalue weighted by Gasteiger charge is 2.36. The van der Waals surface area contributed by atoms with Gasteiger partial charge in [-0.25, -0.2) is 4.39 Å². The number of nitrogens with two attached hydrogens (primary N) is 1. The molecule has 0 aliphatic carbocycles. The van der Waals surface area contributed by atoms with E-state index in [1.54, 1.807) is 6.07 Å². The van der Waals surface area contributed by atoms with Gasteiger partial charge in [0.15, 0.2) is 0 Å². The molecule has 0 saturated carbocycles. The molecule has 0 bridgehead atoms. The summed E-state index contributed by atoms with van der Waals surface area (Å²) in [5, 5.41) is 0. The first-order valence-electron chi connectivity index (χ1n) is 11.2. The number of rotatable bonds is 6. The normalized spacial score (nSPS) is 19.9. The molecule has 0 radical (unpaired) electrons. The van der Waals surface area contributed by atoms with Crippen LogP contribution in [0.4, 0.5) is 4.39 Å². The van der Waals surface area contributed by atoms with Crippen LogP contribution in [0.2, 0.25) is 0 Å². The van der Waals surface area contributed by atoms with Gasteiger partial charge < -0.3 is 5.73 Å². The second-order valence-electron chi connectivity index (χ2n) is 8.86. The van der Waals surface area contributed by atoms with Crippen molar-refractivity contribution >= 4 is 11.6 Å². The highest BCUT2D eigenvalue weighted by molar-refractivity contribution is 5.73. The van der Waals surface area contributed by atoms with Gasteiger partial charge in [-0.2, -0.15) is 0 Å². The van der Waals surface area contributed by atoms with Crippen LogP contribution in [0, 0.1) is 19.7 Å². The fourth-order valence-electron chi connectivity index (χ4n) is 4.70. The van der Waals surface area contributed by atoms with E-state index >= 15 is 4.39 Å². The largest absolute Gasteiger partial charge is 0.400 e. The number of halogens is 1. The summed E-state index contributed by atoms with van der Waals surface area (Å²) in [5.41, 5.74) is 14.5. The topological polar surface area (TPSA) is 29.3 Å². The van der Waals surface area contributed by atoms with E-state index in [1.165, 1.54) is 11.1 Å². The second kappa shape index (κ2) is 9.65. The average Bonchev–Trinajstić information content (AvgIpc) is 2.71. The Hall–Kier alpha value is -2.65. The van der Waals surface area contributed by atoms with Crippen molar-refractivity contribution in [3.05, 3.63) is 94.0 Å². The molecule has 0 aromatic heterocycles. The molecule has 2 nitrogen and oxygen atoms in total. The lowest BCUT2D eigenvalue weighted by Gasteiger charge is -2.43. The smallest absolute Gasteiger partial charge is 0.129 e. The maximum absolute atomic E-state index is 15.6. The molecule has 0 fully saturated rings. The van der Waals surface area contributed by atoms with Crippen molar-refractivity contribution in [3.63, 3.8) is 0 Å². The van der Waals surface area contributed by atoms with Crippen LogP contribution in [0.25, 0.3) is 11.6 Å². The SMILES string of the molecule is C=C(C)/C=C/c1cc(C)c([C@@H]2C(N)=C(c3ccccc3C)C[C@@H](C)N2CCC)c(F)c1. The summed E-state index contributed by atoms with van der Waals surface area (Å²) >= 11 is 0. The molecule has 31 heavy (non-hydrogen) atoms. The Kier molecular flexibility index (Phi) is 7.17. The first-order chi connectivity index (χ1) is 14.7. The van der Waals surface area contributed by atoms with Crippen molar-refractivity contribution in [1.29, 1.82) is 0 Å². The van der Waals surface area contributed by atoms with Crippen molar-refractivity contribution in [2.24, 2.45) is 5.73 Å². The Morgan fingerprint density at radius 2 is 1.94 bits per heavy atom. The van der Waals surface area contributed by atoms with E-state index in [1.807, 2.05) is 38.1 Å². The van der Waals surface area contributed by atoms with Crippen LogP contribution in [-0.4, -0.2) is 17.5 Å². The van der Waals surface area contributed by atoms with E-state index in [2.05, 4.69) is 50.4 Å². The molecule has 3 rings (SSSR count). The minimum atomic E-state index is -0.266. The van der Waals surface area contributed by atoms with Crippen molar-refractivity contribution < 1.29 is 4.39 Å². The van der Waals surface area contributed by atoms with E-state index in [-0.39, 0.29) is 17.9 Å². The average molecular weight is 419 g/mol. The predicted molar refractivity (Wildman–Crippen MR) is 131 cm³/mol. The van der Waals surface area contributed by atoms with Gasteiger partial charge in [0.25, 0.3) is 0 Å². The first-order valence-corrected chi connectivity index (χ1v) is 11.2. The maximum atomic E-state index is 15.6. The molecule has 3 heteroatoms. The van der Waals surface area contributed by atoms with Crippen molar-refractivity contribution in [3.8, 4) is 0 Å². The van der Waals surface area contributed by atoms with Gasteiger partial charge in [-0.1, -0.05) is 61.6 Å². The third-order valence-corrected chi connectivity index (χ3v) is 6.18. The zero-order chi connectivity index (χ0) is 22.7.